The minimum absolute atomic E-state index is 0.232. The van der Waals surface area contributed by atoms with Gasteiger partial charge in [0.15, 0.2) is 0 Å². The minimum atomic E-state index is -4.09. The Kier molecular flexibility index (Phi) is 7.19. The quantitative estimate of drug-likeness (QED) is 0.737. The van der Waals surface area contributed by atoms with Gasteiger partial charge >= 0.3 is 6.18 Å². The van der Waals surface area contributed by atoms with Crippen LogP contribution in [0.15, 0.2) is 0 Å². The molecule has 3 aliphatic heterocycles. The zero-order valence-corrected chi connectivity index (χ0v) is 16.4. The first-order valence-corrected chi connectivity index (χ1v) is 10.1. The highest BCUT2D eigenvalue weighted by Crippen LogP contribution is 2.43. The number of likely N-dealkylation sites (tertiary alicyclic amines) is 3. The summed E-state index contributed by atoms with van der Waals surface area (Å²) in [5.41, 5.74) is 0.316. The first-order valence-electron chi connectivity index (χ1n) is 10.1. The summed E-state index contributed by atoms with van der Waals surface area (Å²) in [7, 11) is 0. The molecule has 0 bridgehead atoms. The van der Waals surface area contributed by atoms with Crippen molar-refractivity contribution in [2.75, 3.05) is 52.4 Å². The van der Waals surface area contributed by atoms with Crippen LogP contribution < -0.4 is 0 Å². The predicted molar refractivity (Wildman–Crippen MR) is 96.8 cm³/mol. The lowest BCUT2D eigenvalue weighted by atomic mass is 9.71. The van der Waals surface area contributed by atoms with Crippen molar-refractivity contribution in [3.63, 3.8) is 0 Å². The summed E-state index contributed by atoms with van der Waals surface area (Å²) in [6.07, 6.45) is -1.21. The van der Waals surface area contributed by atoms with Crippen LogP contribution in [-0.4, -0.2) is 79.3 Å². The lowest BCUT2D eigenvalue weighted by Crippen LogP contribution is -2.65. The third-order valence-corrected chi connectivity index (χ3v) is 6.12. The van der Waals surface area contributed by atoms with Gasteiger partial charge in [-0.15, -0.1) is 0 Å². The maximum Gasteiger partial charge on any atom is 0.404 e. The van der Waals surface area contributed by atoms with E-state index in [9.17, 15) is 13.2 Å². The van der Waals surface area contributed by atoms with Gasteiger partial charge in [0, 0.05) is 32.1 Å². The van der Waals surface area contributed by atoms with E-state index in [1.54, 1.807) is 4.90 Å². The van der Waals surface area contributed by atoms with Crippen molar-refractivity contribution in [3.8, 4) is 0 Å². The van der Waals surface area contributed by atoms with Crippen LogP contribution in [0.25, 0.3) is 0 Å². The fraction of sp³-hybridized carbons (Fsp3) is 1.00. The van der Waals surface area contributed by atoms with Crippen LogP contribution in [0.2, 0.25) is 0 Å². The molecule has 0 radical (unpaired) electrons. The van der Waals surface area contributed by atoms with E-state index in [0.29, 0.717) is 31.6 Å². The number of hydrogen-bond acceptors (Lipinski definition) is 3. The number of hydrogen-bond donors (Lipinski definition) is 0. The number of nitrogens with zero attached hydrogens (tertiary/aromatic N) is 3. The average Bonchev–Trinajstić information content (AvgIpc) is 2.52. The van der Waals surface area contributed by atoms with Crippen LogP contribution in [0, 0.1) is 11.3 Å². The van der Waals surface area contributed by atoms with Crippen molar-refractivity contribution >= 4 is 0 Å². The first-order chi connectivity index (χ1) is 11.9. The molecule has 0 N–H and O–H groups in total. The second kappa shape index (κ2) is 8.57. The third kappa shape index (κ3) is 4.69. The summed E-state index contributed by atoms with van der Waals surface area (Å²) in [4.78, 5) is 6.29. The van der Waals surface area contributed by atoms with Crippen LogP contribution in [0.5, 0.6) is 0 Å². The molecule has 0 aromatic rings. The molecule has 1 spiro atoms. The third-order valence-electron chi connectivity index (χ3n) is 6.12. The molecule has 1 atom stereocenters. The van der Waals surface area contributed by atoms with Gasteiger partial charge in [0.05, 0.1) is 0 Å². The number of piperidine rings is 1. The summed E-state index contributed by atoms with van der Waals surface area (Å²) in [5.74, 6) is -0.232. The first kappa shape index (κ1) is 21.0. The van der Waals surface area contributed by atoms with E-state index in [4.69, 9.17) is 0 Å². The molecule has 3 nitrogen and oxygen atoms in total. The Morgan fingerprint density at radius 2 is 1.56 bits per heavy atom. The van der Waals surface area contributed by atoms with E-state index >= 15 is 0 Å². The van der Waals surface area contributed by atoms with Crippen LogP contribution >= 0.6 is 0 Å². The highest BCUT2D eigenvalue weighted by Gasteiger charge is 2.54. The molecule has 148 valence electrons. The molecule has 0 aromatic carbocycles. The van der Waals surface area contributed by atoms with Crippen molar-refractivity contribution in [3.05, 3.63) is 0 Å². The molecule has 3 aliphatic rings. The van der Waals surface area contributed by atoms with E-state index in [1.807, 2.05) is 13.8 Å². The lowest BCUT2D eigenvalue weighted by Gasteiger charge is -2.56. The lowest BCUT2D eigenvalue weighted by molar-refractivity contribution is -0.218. The Morgan fingerprint density at radius 1 is 1.00 bits per heavy atom. The molecule has 25 heavy (non-hydrogen) atoms. The molecule has 6 heteroatoms. The van der Waals surface area contributed by atoms with E-state index < -0.39 is 12.2 Å². The van der Waals surface area contributed by atoms with Gasteiger partial charge in [0.2, 0.25) is 0 Å². The van der Waals surface area contributed by atoms with Gasteiger partial charge in [-0.05, 0) is 50.9 Å². The maximum atomic E-state index is 13.6. The van der Waals surface area contributed by atoms with E-state index in [-0.39, 0.29) is 5.92 Å². The summed E-state index contributed by atoms with van der Waals surface area (Å²) in [5, 5.41) is 0. The molecule has 0 saturated carbocycles. The molecule has 3 saturated heterocycles. The minimum Gasteiger partial charge on any atom is -0.303 e. The second-order valence-electron chi connectivity index (χ2n) is 7.85. The fourth-order valence-electron chi connectivity index (χ4n) is 4.80. The molecule has 0 aromatic heterocycles. The molecule has 3 rings (SSSR count). The van der Waals surface area contributed by atoms with Crippen molar-refractivity contribution in [1.29, 1.82) is 0 Å². The summed E-state index contributed by atoms with van der Waals surface area (Å²) < 4.78 is 40.9. The van der Waals surface area contributed by atoms with Gasteiger partial charge in [-0.25, -0.2) is 0 Å². The molecule has 3 fully saturated rings. The SMILES string of the molecule is CC.CCCN1CC(C(N2CCC3(CC2)CN(CC)C3)C(F)(F)F)C1. The summed E-state index contributed by atoms with van der Waals surface area (Å²) in [6, 6.07) is -1.23. The van der Waals surface area contributed by atoms with Gasteiger partial charge in [-0.3, -0.25) is 4.90 Å². The Bertz CT molecular complexity index is 391. The number of rotatable bonds is 5. The van der Waals surface area contributed by atoms with Gasteiger partial charge in [0.25, 0.3) is 0 Å². The predicted octanol–water partition coefficient (Wildman–Crippen LogP) is 3.70. The van der Waals surface area contributed by atoms with E-state index in [1.165, 1.54) is 0 Å². The molecular weight excluding hydrogens is 327 g/mol. The smallest absolute Gasteiger partial charge is 0.303 e. The average molecular weight is 364 g/mol. The van der Waals surface area contributed by atoms with Crippen LogP contribution in [0.3, 0.4) is 0 Å². The van der Waals surface area contributed by atoms with E-state index in [2.05, 4.69) is 23.6 Å². The standard InChI is InChI=1S/C17H30F3N3.C2H6/c1-3-7-22-10-14(11-22)15(17(18,19)20)23-8-5-16(6-9-23)12-21(4-2)13-16;1-2/h14-15H,3-13H2,1-2H3;1-2H3. The van der Waals surface area contributed by atoms with Gasteiger partial charge in [-0.2, -0.15) is 13.2 Å². The highest BCUT2D eigenvalue weighted by molar-refractivity contribution is 5.01. The van der Waals surface area contributed by atoms with Crippen molar-refractivity contribution in [2.45, 2.75) is 59.2 Å². The molecular formula is C19H36F3N3. The zero-order valence-electron chi connectivity index (χ0n) is 16.4. The Hall–Kier alpha value is -0.330. The summed E-state index contributed by atoms with van der Waals surface area (Å²) >= 11 is 0. The van der Waals surface area contributed by atoms with Crippen LogP contribution in [-0.2, 0) is 0 Å². The molecule has 1 unspecified atom stereocenters. The zero-order chi connectivity index (χ0) is 18.7. The molecule has 0 aliphatic carbocycles. The fourth-order valence-corrected chi connectivity index (χ4v) is 4.80. The van der Waals surface area contributed by atoms with E-state index in [0.717, 1.165) is 45.4 Å². The number of alkyl halides is 3. The van der Waals surface area contributed by atoms with Gasteiger partial charge in [-0.1, -0.05) is 27.7 Å². The Balaban J connectivity index is 0.00000109. The monoisotopic (exact) mass is 363 g/mol. The largest absolute Gasteiger partial charge is 0.404 e. The van der Waals surface area contributed by atoms with Crippen molar-refractivity contribution < 1.29 is 13.2 Å². The van der Waals surface area contributed by atoms with Crippen LogP contribution in [0.1, 0.15) is 47.0 Å². The van der Waals surface area contributed by atoms with Gasteiger partial charge in [0.1, 0.15) is 6.04 Å². The second-order valence-corrected chi connectivity index (χ2v) is 7.85. The van der Waals surface area contributed by atoms with Crippen molar-refractivity contribution in [1.82, 2.24) is 14.7 Å². The topological polar surface area (TPSA) is 9.72 Å². The Morgan fingerprint density at radius 3 is 2.00 bits per heavy atom. The number of halogens is 3. The summed E-state index contributed by atoms with van der Waals surface area (Å²) in [6.45, 7) is 14.9. The van der Waals surface area contributed by atoms with Crippen LogP contribution in [0.4, 0.5) is 13.2 Å². The van der Waals surface area contributed by atoms with Crippen molar-refractivity contribution in [2.24, 2.45) is 11.3 Å². The normalized spacial score (nSPS) is 26.5. The molecule has 3 heterocycles. The van der Waals surface area contributed by atoms with Gasteiger partial charge < -0.3 is 9.80 Å². The highest BCUT2D eigenvalue weighted by atomic mass is 19.4. The Labute approximate surface area is 151 Å². The molecule has 0 amide bonds. The maximum absolute atomic E-state index is 13.6.